The van der Waals surface area contributed by atoms with Crippen LogP contribution >= 0.6 is 11.3 Å². The first-order chi connectivity index (χ1) is 12.6. The molecule has 2 heterocycles. The lowest BCUT2D eigenvalue weighted by molar-refractivity contribution is 0.1000. The Morgan fingerprint density at radius 3 is 2.50 bits per heavy atom. The number of nitrogens with two attached hydrogens (primary N) is 1. The van der Waals surface area contributed by atoms with Gasteiger partial charge in [-0.2, -0.15) is 0 Å². The highest BCUT2D eigenvalue weighted by atomic mass is 32.1. The van der Waals surface area contributed by atoms with Gasteiger partial charge in [0.25, 0.3) is 5.91 Å². The quantitative estimate of drug-likeness (QED) is 0.584. The summed E-state index contributed by atoms with van der Waals surface area (Å²) in [5.74, 6) is -0.339. The number of thiophene rings is 1. The zero-order valence-corrected chi connectivity index (χ0v) is 16.3. The van der Waals surface area contributed by atoms with E-state index in [1.807, 2.05) is 25.1 Å². The molecule has 0 saturated heterocycles. The zero-order chi connectivity index (χ0) is 18.5. The molecule has 1 aromatic carbocycles. The summed E-state index contributed by atoms with van der Waals surface area (Å²) >= 11 is 1.78. The molecule has 4 heteroatoms. The molecule has 0 saturated carbocycles. The van der Waals surface area contributed by atoms with Crippen LogP contribution in [0.4, 0.5) is 0 Å². The Labute approximate surface area is 159 Å². The van der Waals surface area contributed by atoms with Gasteiger partial charge in [-0.25, -0.2) is 0 Å². The summed E-state index contributed by atoms with van der Waals surface area (Å²) in [5, 5.41) is 2.11. The van der Waals surface area contributed by atoms with Crippen LogP contribution in [0, 0.1) is 6.92 Å². The van der Waals surface area contributed by atoms with E-state index in [4.69, 9.17) is 5.73 Å². The number of benzene rings is 1. The van der Waals surface area contributed by atoms with Gasteiger partial charge in [-0.1, -0.05) is 49.7 Å². The fourth-order valence-electron chi connectivity index (χ4n) is 3.60. The maximum absolute atomic E-state index is 12.3. The second-order valence-corrected chi connectivity index (χ2v) is 7.63. The van der Waals surface area contributed by atoms with Gasteiger partial charge in [0.15, 0.2) is 0 Å². The first kappa shape index (κ1) is 18.5. The zero-order valence-electron chi connectivity index (χ0n) is 15.5. The van der Waals surface area contributed by atoms with Crippen LogP contribution in [-0.2, 0) is 19.4 Å². The number of carbonyl (C=O) groups excluding carboxylic acids is 1. The molecule has 3 nitrogen and oxygen atoms in total. The van der Waals surface area contributed by atoms with Gasteiger partial charge in [0.1, 0.15) is 0 Å². The maximum Gasteiger partial charge on any atom is 0.251 e. The van der Waals surface area contributed by atoms with Crippen LogP contribution in [0.5, 0.6) is 0 Å². The summed E-state index contributed by atoms with van der Waals surface area (Å²) in [6.07, 6.45) is 4.15. The summed E-state index contributed by atoms with van der Waals surface area (Å²) in [6.45, 7) is 5.10. The van der Waals surface area contributed by atoms with Gasteiger partial charge in [-0.3, -0.25) is 4.79 Å². The van der Waals surface area contributed by atoms with Crippen molar-refractivity contribution in [1.82, 2.24) is 4.57 Å². The Hall–Kier alpha value is -2.33. The first-order valence-electron chi connectivity index (χ1n) is 9.23. The van der Waals surface area contributed by atoms with E-state index in [0.29, 0.717) is 5.56 Å². The third-order valence-electron chi connectivity index (χ3n) is 4.87. The Balaban J connectivity index is 2.11. The molecule has 0 aliphatic heterocycles. The van der Waals surface area contributed by atoms with E-state index in [-0.39, 0.29) is 5.91 Å². The third-order valence-corrected chi connectivity index (χ3v) is 5.81. The highest BCUT2D eigenvalue weighted by molar-refractivity contribution is 7.09. The number of primary amides is 1. The Morgan fingerprint density at radius 2 is 1.88 bits per heavy atom. The molecular weight excluding hydrogens is 340 g/mol. The molecule has 0 radical (unpaired) electrons. The molecule has 0 bridgehead atoms. The van der Waals surface area contributed by atoms with E-state index in [1.54, 1.807) is 11.3 Å². The van der Waals surface area contributed by atoms with Crippen LogP contribution in [0.1, 0.15) is 46.4 Å². The number of unbranched alkanes of at least 4 members (excludes halogenated alkanes) is 1. The molecule has 0 atom stereocenters. The fourth-order valence-corrected chi connectivity index (χ4v) is 4.30. The number of carbonyl (C=O) groups is 1. The lowest BCUT2D eigenvalue weighted by Crippen LogP contribution is -2.13. The molecule has 2 aromatic heterocycles. The monoisotopic (exact) mass is 366 g/mol. The van der Waals surface area contributed by atoms with Gasteiger partial charge in [0, 0.05) is 28.4 Å². The molecule has 0 fully saturated rings. The van der Waals surface area contributed by atoms with Crippen molar-refractivity contribution in [3.05, 3.63) is 69.7 Å². The smallest absolute Gasteiger partial charge is 0.251 e. The second kappa shape index (κ2) is 8.37. The molecule has 0 unspecified atom stereocenters. The van der Waals surface area contributed by atoms with Crippen molar-refractivity contribution in [2.75, 3.05) is 0 Å². The third kappa shape index (κ3) is 3.75. The van der Waals surface area contributed by atoms with Crippen LogP contribution in [0.2, 0.25) is 0 Å². The van der Waals surface area contributed by atoms with Crippen molar-refractivity contribution >= 4 is 17.2 Å². The predicted molar refractivity (Wildman–Crippen MR) is 110 cm³/mol. The number of hydrogen-bond acceptors (Lipinski definition) is 2. The number of aromatic nitrogens is 1. The number of rotatable bonds is 8. The summed E-state index contributed by atoms with van der Waals surface area (Å²) in [5.41, 5.74) is 10.8. The van der Waals surface area contributed by atoms with Crippen molar-refractivity contribution in [2.45, 2.75) is 46.1 Å². The second-order valence-electron chi connectivity index (χ2n) is 6.60. The Morgan fingerprint density at radius 1 is 1.12 bits per heavy atom. The minimum Gasteiger partial charge on any atom is -0.366 e. The molecule has 2 N–H and O–H groups in total. The standard InChI is InChI=1S/C22H26N2OS/c1-3-4-12-19-21(17-9-6-5-7-10-17)20(22(23)25)16(2)24(19)14-13-18-11-8-15-26-18/h5-11,15H,3-4,12-14H2,1-2H3,(H2,23,25). The predicted octanol–water partition coefficient (Wildman–Crippen LogP) is 5.21. The normalized spacial score (nSPS) is 11.0. The average Bonchev–Trinajstić information content (AvgIpc) is 3.25. The number of amides is 1. The molecule has 0 aliphatic rings. The van der Waals surface area contributed by atoms with E-state index in [0.717, 1.165) is 49.0 Å². The summed E-state index contributed by atoms with van der Waals surface area (Å²) in [4.78, 5) is 13.7. The van der Waals surface area contributed by atoms with Gasteiger partial charge in [-0.05, 0) is 43.2 Å². The number of nitrogens with zero attached hydrogens (tertiary/aromatic N) is 1. The van der Waals surface area contributed by atoms with E-state index >= 15 is 0 Å². The number of hydrogen-bond donors (Lipinski definition) is 1. The SMILES string of the molecule is CCCCc1c(-c2ccccc2)c(C(N)=O)c(C)n1CCc1cccs1. The summed E-state index contributed by atoms with van der Waals surface area (Å²) in [7, 11) is 0. The Kier molecular flexibility index (Phi) is 5.94. The molecule has 0 aliphatic carbocycles. The average molecular weight is 367 g/mol. The number of aryl methyl sites for hydroxylation is 1. The molecule has 3 aromatic rings. The van der Waals surface area contributed by atoms with Crippen LogP contribution in [0.15, 0.2) is 47.8 Å². The van der Waals surface area contributed by atoms with E-state index < -0.39 is 0 Å². The minimum atomic E-state index is -0.339. The van der Waals surface area contributed by atoms with Crippen LogP contribution in [-0.4, -0.2) is 10.5 Å². The van der Waals surface area contributed by atoms with Crippen molar-refractivity contribution in [3.8, 4) is 11.1 Å². The molecule has 136 valence electrons. The van der Waals surface area contributed by atoms with E-state index in [1.165, 1.54) is 10.6 Å². The largest absolute Gasteiger partial charge is 0.366 e. The van der Waals surface area contributed by atoms with Gasteiger partial charge >= 0.3 is 0 Å². The first-order valence-corrected chi connectivity index (χ1v) is 10.1. The van der Waals surface area contributed by atoms with Crippen LogP contribution in [0.3, 0.4) is 0 Å². The van der Waals surface area contributed by atoms with Gasteiger partial charge in [0.2, 0.25) is 0 Å². The van der Waals surface area contributed by atoms with Crippen LogP contribution < -0.4 is 5.73 Å². The van der Waals surface area contributed by atoms with E-state index in [9.17, 15) is 4.79 Å². The molecule has 1 amide bonds. The van der Waals surface area contributed by atoms with Crippen molar-refractivity contribution in [1.29, 1.82) is 0 Å². The highest BCUT2D eigenvalue weighted by Crippen LogP contribution is 2.34. The fraction of sp³-hybridized carbons (Fsp3) is 0.318. The lowest BCUT2D eigenvalue weighted by atomic mass is 9.98. The van der Waals surface area contributed by atoms with Crippen molar-refractivity contribution < 1.29 is 4.79 Å². The molecular formula is C22H26N2OS. The van der Waals surface area contributed by atoms with E-state index in [2.05, 4.69) is 41.1 Å². The summed E-state index contributed by atoms with van der Waals surface area (Å²) in [6, 6.07) is 14.4. The Bertz CT molecular complexity index is 863. The van der Waals surface area contributed by atoms with Crippen LogP contribution in [0.25, 0.3) is 11.1 Å². The molecule has 3 rings (SSSR count). The molecule has 0 spiro atoms. The van der Waals surface area contributed by atoms with Crippen molar-refractivity contribution in [2.24, 2.45) is 5.73 Å². The topological polar surface area (TPSA) is 48.0 Å². The van der Waals surface area contributed by atoms with Crippen molar-refractivity contribution in [3.63, 3.8) is 0 Å². The minimum absolute atomic E-state index is 0.339. The maximum atomic E-state index is 12.3. The van der Waals surface area contributed by atoms with Gasteiger partial charge < -0.3 is 10.3 Å². The lowest BCUT2D eigenvalue weighted by Gasteiger charge is -2.13. The van der Waals surface area contributed by atoms with Gasteiger partial charge in [0.05, 0.1) is 5.56 Å². The molecule has 26 heavy (non-hydrogen) atoms. The highest BCUT2D eigenvalue weighted by Gasteiger charge is 2.24. The summed E-state index contributed by atoms with van der Waals surface area (Å²) < 4.78 is 2.32. The van der Waals surface area contributed by atoms with Gasteiger partial charge in [-0.15, -0.1) is 11.3 Å².